The van der Waals surface area contributed by atoms with E-state index in [4.69, 9.17) is 0 Å². The summed E-state index contributed by atoms with van der Waals surface area (Å²) in [6, 6.07) is 0.379. The number of carbonyl (C=O) groups excluding carboxylic acids is 1. The molecule has 118 valence electrons. The number of aryl methyl sites for hydroxylation is 1. The molecule has 2 rings (SSSR count). The number of carbonyl (C=O) groups is 1. The Morgan fingerprint density at radius 3 is 2.71 bits per heavy atom. The van der Waals surface area contributed by atoms with Crippen molar-refractivity contribution >= 4 is 5.91 Å². The quantitative estimate of drug-likeness (QED) is 0.839. The van der Waals surface area contributed by atoms with E-state index in [-0.39, 0.29) is 5.91 Å². The number of hydrogen-bond donors (Lipinski definition) is 1. The number of nitrogens with one attached hydrogen (secondary N) is 1. The summed E-state index contributed by atoms with van der Waals surface area (Å²) in [6.45, 7) is 7.31. The van der Waals surface area contributed by atoms with E-state index in [0.29, 0.717) is 17.8 Å². The summed E-state index contributed by atoms with van der Waals surface area (Å²) in [5, 5.41) is 7.02. The fraction of sp³-hybridized carbons (Fsp3) is 0.812. The maximum atomic E-state index is 12.7. The van der Waals surface area contributed by atoms with Crippen molar-refractivity contribution in [3.63, 3.8) is 0 Å². The van der Waals surface area contributed by atoms with E-state index in [1.807, 2.05) is 4.90 Å². The van der Waals surface area contributed by atoms with Crippen LogP contribution in [0.3, 0.4) is 0 Å². The summed E-state index contributed by atoms with van der Waals surface area (Å²) in [7, 11) is 0. The first-order chi connectivity index (χ1) is 10.1. The Bertz CT molecular complexity index is 449. The van der Waals surface area contributed by atoms with Crippen LogP contribution in [0.15, 0.2) is 0 Å². The normalized spacial score (nSPS) is 15.8. The Labute approximate surface area is 127 Å². The molecule has 1 saturated carbocycles. The van der Waals surface area contributed by atoms with Crippen LogP contribution in [-0.4, -0.2) is 38.6 Å². The largest absolute Gasteiger partial charge is 0.333 e. The van der Waals surface area contributed by atoms with Gasteiger partial charge < -0.3 is 4.90 Å². The minimum absolute atomic E-state index is 0.00107. The Balaban J connectivity index is 2.07. The molecule has 1 fully saturated rings. The first kappa shape index (κ1) is 16.0. The SMILES string of the molecule is CCCc1nc(C(=O)N(CCC(C)C)C2CCCC2)n[nH]1. The molecule has 1 aromatic heterocycles. The lowest BCUT2D eigenvalue weighted by molar-refractivity contribution is 0.0659. The van der Waals surface area contributed by atoms with Crippen molar-refractivity contribution in [1.29, 1.82) is 0 Å². The maximum absolute atomic E-state index is 12.7. The number of nitrogens with zero attached hydrogens (tertiary/aromatic N) is 3. The Hall–Kier alpha value is -1.39. The molecule has 1 aliphatic carbocycles. The lowest BCUT2D eigenvalue weighted by Crippen LogP contribution is -2.40. The van der Waals surface area contributed by atoms with Crippen molar-refractivity contribution < 1.29 is 4.79 Å². The average molecular weight is 292 g/mol. The van der Waals surface area contributed by atoms with Crippen molar-refractivity contribution in [2.75, 3.05) is 6.54 Å². The van der Waals surface area contributed by atoms with Crippen LogP contribution in [0.25, 0.3) is 0 Å². The summed E-state index contributed by atoms with van der Waals surface area (Å²) in [6.07, 6.45) is 7.58. The van der Waals surface area contributed by atoms with Gasteiger partial charge in [-0.1, -0.05) is 33.6 Å². The van der Waals surface area contributed by atoms with Crippen LogP contribution in [0, 0.1) is 5.92 Å². The third-order valence-corrected chi connectivity index (χ3v) is 4.18. The summed E-state index contributed by atoms with van der Waals surface area (Å²) < 4.78 is 0. The molecule has 0 unspecified atom stereocenters. The maximum Gasteiger partial charge on any atom is 0.293 e. The standard InChI is InChI=1S/C16H28N4O/c1-4-7-14-17-15(19-18-14)16(21)20(11-10-12(2)3)13-8-5-6-9-13/h12-13H,4-11H2,1-3H3,(H,17,18,19). The average Bonchev–Trinajstić information content (AvgIpc) is 3.10. The molecule has 1 aliphatic rings. The molecular weight excluding hydrogens is 264 g/mol. The van der Waals surface area contributed by atoms with Crippen LogP contribution >= 0.6 is 0 Å². The minimum atomic E-state index is 0.00107. The van der Waals surface area contributed by atoms with Gasteiger partial charge in [-0.15, -0.1) is 5.10 Å². The zero-order chi connectivity index (χ0) is 15.2. The van der Waals surface area contributed by atoms with Crippen LogP contribution in [0.2, 0.25) is 0 Å². The lowest BCUT2D eigenvalue weighted by Gasteiger charge is -2.28. The molecule has 5 heteroatoms. The van der Waals surface area contributed by atoms with Crippen LogP contribution in [0.1, 0.15) is 75.7 Å². The summed E-state index contributed by atoms with van der Waals surface area (Å²) in [5.41, 5.74) is 0. The van der Waals surface area contributed by atoms with Gasteiger partial charge >= 0.3 is 0 Å². The van der Waals surface area contributed by atoms with Gasteiger partial charge in [0, 0.05) is 19.0 Å². The molecular formula is C16H28N4O. The van der Waals surface area contributed by atoms with Crippen molar-refractivity contribution in [2.24, 2.45) is 5.92 Å². The van der Waals surface area contributed by atoms with Gasteiger partial charge in [0.15, 0.2) is 0 Å². The lowest BCUT2D eigenvalue weighted by atomic mass is 10.1. The highest BCUT2D eigenvalue weighted by molar-refractivity contribution is 5.90. The van der Waals surface area contributed by atoms with Crippen LogP contribution in [-0.2, 0) is 6.42 Å². The van der Waals surface area contributed by atoms with E-state index in [0.717, 1.165) is 44.5 Å². The van der Waals surface area contributed by atoms with Gasteiger partial charge in [0.25, 0.3) is 5.91 Å². The molecule has 0 atom stereocenters. The molecule has 0 spiro atoms. The van der Waals surface area contributed by atoms with Gasteiger partial charge in [0.05, 0.1) is 0 Å². The topological polar surface area (TPSA) is 61.9 Å². The number of H-pyrrole nitrogens is 1. The molecule has 0 radical (unpaired) electrons. The summed E-state index contributed by atoms with van der Waals surface area (Å²) in [4.78, 5) is 19.1. The van der Waals surface area contributed by atoms with Crippen LogP contribution in [0.4, 0.5) is 0 Å². The zero-order valence-corrected chi connectivity index (χ0v) is 13.6. The molecule has 1 amide bonds. The van der Waals surface area contributed by atoms with E-state index < -0.39 is 0 Å². The molecule has 21 heavy (non-hydrogen) atoms. The van der Waals surface area contributed by atoms with Gasteiger partial charge in [0.2, 0.25) is 5.82 Å². The van der Waals surface area contributed by atoms with E-state index in [2.05, 4.69) is 36.0 Å². The Kier molecular flexibility index (Phi) is 5.76. The molecule has 5 nitrogen and oxygen atoms in total. The smallest absolute Gasteiger partial charge is 0.293 e. The monoisotopic (exact) mass is 292 g/mol. The number of aromatic amines is 1. The summed E-state index contributed by atoms with van der Waals surface area (Å²) in [5.74, 6) is 1.76. The van der Waals surface area contributed by atoms with Gasteiger partial charge in [0.1, 0.15) is 5.82 Å². The van der Waals surface area contributed by atoms with E-state index >= 15 is 0 Å². The second kappa shape index (κ2) is 7.57. The fourth-order valence-electron chi connectivity index (χ4n) is 2.93. The minimum Gasteiger partial charge on any atom is -0.333 e. The highest BCUT2D eigenvalue weighted by Crippen LogP contribution is 2.25. The van der Waals surface area contributed by atoms with Gasteiger partial charge in [-0.25, -0.2) is 4.98 Å². The van der Waals surface area contributed by atoms with Crippen LogP contribution in [0.5, 0.6) is 0 Å². The summed E-state index contributed by atoms with van der Waals surface area (Å²) >= 11 is 0. The Morgan fingerprint density at radius 1 is 1.38 bits per heavy atom. The second-order valence-electron chi connectivity index (χ2n) is 6.48. The number of amides is 1. The Morgan fingerprint density at radius 2 is 2.10 bits per heavy atom. The second-order valence-corrected chi connectivity index (χ2v) is 6.48. The highest BCUT2D eigenvalue weighted by atomic mass is 16.2. The number of hydrogen-bond acceptors (Lipinski definition) is 3. The number of rotatable bonds is 7. The van der Waals surface area contributed by atoms with E-state index in [1.165, 1.54) is 12.8 Å². The molecule has 1 aromatic rings. The first-order valence-corrected chi connectivity index (χ1v) is 8.34. The molecule has 0 aromatic carbocycles. The van der Waals surface area contributed by atoms with E-state index in [1.54, 1.807) is 0 Å². The van der Waals surface area contributed by atoms with Crippen molar-refractivity contribution in [2.45, 2.75) is 71.8 Å². The predicted molar refractivity (Wildman–Crippen MR) is 83.1 cm³/mol. The van der Waals surface area contributed by atoms with Crippen molar-refractivity contribution in [3.05, 3.63) is 11.6 Å². The number of aromatic nitrogens is 3. The van der Waals surface area contributed by atoms with Gasteiger partial charge in [-0.05, 0) is 31.6 Å². The van der Waals surface area contributed by atoms with Crippen LogP contribution < -0.4 is 0 Å². The first-order valence-electron chi connectivity index (χ1n) is 8.34. The zero-order valence-electron chi connectivity index (χ0n) is 13.6. The molecule has 0 aliphatic heterocycles. The molecule has 1 heterocycles. The fourth-order valence-corrected chi connectivity index (χ4v) is 2.93. The van der Waals surface area contributed by atoms with Gasteiger partial charge in [-0.3, -0.25) is 9.89 Å². The molecule has 1 N–H and O–H groups in total. The van der Waals surface area contributed by atoms with E-state index in [9.17, 15) is 4.79 Å². The van der Waals surface area contributed by atoms with Crippen molar-refractivity contribution in [3.8, 4) is 0 Å². The predicted octanol–water partition coefficient (Wildman–Crippen LogP) is 3.19. The molecule has 0 bridgehead atoms. The third kappa shape index (κ3) is 4.29. The third-order valence-electron chi connectivity index (χ3n) is 4.18. The van der Waals surface area contributed by atoms with Gasteiger partial charge in [-0.2, -0.15) is 0 Å². The van der Waals surface area contributed by atoms with Crippen molar-refractivity contribution in [1.82, 2.24) is 20.1 Å². The molecule has 0 saturated heterocycles. The highest BCUT2D eigenvalue weighted by Gasteiger charge is 2.29.